The molecule has 0 spiro atoms. The van der Waals surface area contributed by atoms with Gasteiger partial charge >= 0.3 is 5.97 Å². The number of nitrogens with one attached hydrogen (secondary N) is 1. The molecule has 7 nitrogen and oxygen atoms in total. The lowest BCUT2D eigenvalue weighted by atomic mass is 10.1. The Labute approximate surface area is 181 Å². The number of anilines is 1. The van der Waals surface area contributed by atoms with E-state index >= 15 is 0 Å². The Morgan fingerprint density at radius 3 is 2.48 bits per heavy atom. The molecule has 31 heavy (non-hydrogen) atoms. The molecular weight excluding hydrogens is 414 g/mol. The minimum Gasteiger partial charge on any atom is -0.478 e. The quantitative estimate of drug-likeness (QED) is 0.494. The lowest BCUT2D eigenvalue weighted by molar-refractivity contribution is -0.116. The Morgan fingerprint density at radius 1 is 1.10 bits per heavy atom. The molecule has 2 N–H and O–H groups in total. The number of carboxylic acid groups (broad SMARTS) is 1. The molecule has 0 fully saturated rings. The summed E-state index contributed by atoms with van der Waals surface area (Å²) < 4.78 is 1.24. The third-order valence-corrected chi connectivity index (χ3v) is 5.83. The molecule has 8 heteroatoms. The van der Waals surface area contributed by atoms with Crippen molar-refractivity contribution in [1.82, 2.24) is 9.55 Å². The van der Waals surface area contributed by atoms with E-state index in [9.17, 15) is 19.5 Å². The topological polar surface area (TPSA) is 101 Å². The Balaban J connectivity index is 1.84. The van der Waals surface area contributed by atoms with Crippen LogP contribution in [0, 0.1) is 13.8 Å². The Bertz CT molecular complexity index is 1370. The standard InChI is InChI=1S/C23H19N3O4S/c1-13-7-9-15(10-8-13)20-25-21-19(16(12-31-21)23(29)30)22(28)26(20)11-18(27)24-17-6-4-3-5-14(17)2/h3-10,12H,11H2,1-2H3,(H,24,27)(H,29,30). The second kappa shape index (κ2) is 8.16. The first-order valence-electron chi connectivity index (χ1n) is 9.53. The van der Waals surface area contributed by atoms with Crippen LogP contribution in [0.3, 0.4) is 0 Å². The summed E-state index contributed by atoms with van der Waals surface area (Å²) in [5.74, 6) is -1.29. The molecule has 156 valence electrons. The van der Waals surface area contributed by atoms with Gasteiger partial charge in [0.15, 0.2) is 0 Å². The third-order valence-electron chi connectivity index (χ3n) is 4.95. The molecule has 0 saturated heterocycles. The highest BCUT2D eigenvalue weighted by atomic mass is 32.1. The van der Waals surface area contributed by atoms with Gasteiger partial charge in [0.1, 0.15) is 17.2 Å². The number of carbonyl (C=O) groups excluding carboxylic acids is 1. The molecule has 4 rings (SSSR count). The minimum atomic E-state index is -1.20. The first-order valence-corrected chi connectivity index (χ1v) is 10.4. The summed E-state index contributed by atoms with van der Waals surface area (Å²) in [6.45, 7) is 3.52. The molecule has 0 unspecified atom stereocenters. The zero-order valence-corrected chi connectivity index (χ0v) is 17.7. The second-order valence-corrected chi connectivity index (χ2v) is 8.05. The number of thiophene rings is 1. The predicted octanol–water partition coefficient (Wildman–Crippen LogP) is 4.08. The molecule has 1 amide bonds. The van der Waals surface area contributed by atoms with Gasteiger partial charge in [0.25, 0.3) is 5.56 Å². The summed E-state index contributed by atoms with van der Waals surface area (Å²) in [6, 6.07) is 14.8. The monoisotopic (exact) mass is 433 g/mol. The van der Waals surface area contributed by atoms with Gasteiger partial charge in [0.05, 0.1) is 10.9 Å². The van der Waals surface area contributed by atoms with Crippen LogP contribution < -0.4 is 10.9 Å². The molecule has 0 aliphatic rings. The van der Waals surface area contributed by atoms with Crippen molar-refractivity contribution in [2.45, 2.75) is 20.4 Å². The van der Waals surface area contributed by atoms with Crippen molar-refractivity contribution in [3.05, 3.63) is 81.0 Å². The number of fused-ring (bicyclic) bond motifs is 1. The van der Waals surface area contributed by atoms with Crippen molar-refractivity contribution in [1.29, 1.82) is 0 Å². The van der Waals surface area contributed by atoms with Gasteiger partial charge in [-0.2, -0.15) is 0 Å². The summed E-state index contributed by atoms with van der Waals surface area (Å²) in [5, 5.41) is 13.7. The van der Waals surface area contributed by atoms with E-state index in [0.29, 0.717) is 21.9 Å². The van der Waals surface area contributed by atoms with Gasteiger partial charge in [-0.3, -0.25) is 14.2 Å². The van der Waals surface area contributed by atoms with Crippen molar-refractivity contribution in [3.63, 3.8) is 0 Å². The summed E-state index contributed by atoms with van der Waals surface area (Å²) >= 11 is 1.09. The maximum atomic E-state index is 13.3. The molecule has 4 aromatic rings. The van der Waals surface area contributed by atoms with Crippen LogP contribution in [-0.2, 0) is 11.3 Å². The normalized spacial score (nSPS) is 10.9. The summed E-state index contributed by atoms with van der Waals surface area (Å²) in [6.07, 6.45) is 0. The van der Waals surface area contributed by atoms with Crippen LogP contribution >= 0.6 is 11.3 Å². The molecule has 0 aliphatic carbocycles. The Hall–Kier alpha value is -3.78. The molecule has 0 radical (unpaired) electrons. The smallest absolute Gasteiger partial charge is 0.337 e. The van der Waals surface area contributed by atoms with E-state index in [2.05, 4.69) is 10.3 Å². The van der Waals surface area contributed by atoms with Crippen molar-refractivity contribution in [2.75, 3.05) is 5.32 Å². The predicted molar refractivity (Wildman–Crippen MR) is 121 cm³/mol. The Kier molecular flexibility index (Phi) is 5.39. The summed E-state index contributed by atoms with van der Waals surface area (Å²) in [7, 11) is 0. The fourth-order valence-electron chi connectivity index (χ4n) is 3.30. The van der Waals surface area contributed by atoms with Crippen LogP contribution in [0.5, 0.6) is 0 Å². The van der Waals surface area contributed by atoms with Gasteiger partial charge in [0, 0.05) is 16.6 Å². The number of aromatic nitrogens is 2. The average Bonchev–Trinajstić information content (AvgIpc) is 3.17. The number of aromatic carboxylic acids is 1. The van der Waals surface area contributed by atoms with Gasteiger partial charge in [-0.05, 0) is 25.5 Å². The van der Waals surface area contributed by atoms with E-state index in [-0.39, 0.29) is 17.5 Å². The highest BCUT2D eigenvalue weighted by molar-refractivity contribution is 7.17. The van der Waals surface area contributed by atoms with Crippen LogP contribution in [0.2, 0.25) is 0 Å². The number of aryl methyl sites for hydroxylation is 2. The zero-order chi connectivity index (χ0) is 22.1. The third kappa shape index (κ3) is 3.97. The first kappa shape index (κ1) is 20.5. The van der Waals surface area contributed by atoms with E-state index in [4.69, 9.17) is 0 Å². The van der Waals surface area contributed by atoms with Gasteiger partial charge in [0.2, 0.25) is 5.91 Å². The fraction of sp³-hybridized carbons (Fsp3) is 0.130. The number of nitrogens with zero attached hydrogens (tertiary/aromatic N) is 2. The largest absolute Gasteiger partial charge is 0.478 e. The van der Waals surface area contributed by atoms with Crippen LogP contribution in [0.1, 0.15) is 21.5 Å². The summed E-state index contributed by atoms with van der Waals surface area (Å²) in [4.78, 5) is 42.6. The number of benzene rings is 2. The van der Waals surface area contributed by atoms with E-state index in [1.807, 2.05) is 56.3 Å². The number of para-hydroxylation sites is 1. The minimum absolute atomic E-state index is 0.0112. The Morgan fingerprint density at radius 2 is 1.81 bits per heavy atom. The molecule has 2 aromatic carbocycles. The van der Waals surface area contributed by atoms with Crippen LogP contribution in [-0.4, -0.2) is 26.5 Å². The maximum Gasteiger partial charge on any atom is 0.337 e. The number of rotatable bonds is 5. The van der Waals surface area contributed by atoms with Crippen molar-refractivity contribution < 1.29 is 14.7 Å². The number of carboxylic acids is 1. The summed E-state index contributed by atoms with van der Waals surface area (Å²) in [5.41, 5.74) is 2.58. The lowest BCUT2D eigenvalue weighted by Gasteiger charge is -2.14. The van der Waals surface area contributed by atoms with Crippen LogP contribution in [0.15, 0.2) is 58.7 Å². The SMILES string of the molecule is Cc1ccc(-c2nc3scc(C(=O)O)c3c(=O)n2CC(=O)Nc2ccccc2C)cc1. The van der Waals surface area contributed by atoms with E-state index < -0.39 is 17.4 Å². The number of hydrogen-bond acceptors (Lipinski definition) is 5. The number of hydrogen-bond donors (Lipinski definition) is 2. The maximum absolute atomic E-state index is 13.3. The second-order valence-electron chi connectivity index (χ2n) is 7.19. The van der Waals surface area contributed by atoms with Crippen LogP contribution in [0.4, 0.5) is 5.69 Å². The molecule has 0 atom stereocenters. The molecule has 2 heterocycles. The van der Waals surface area contributed by atoms with Gasteiger partial charge in [-0.1, -0.05) is 48.0 Å². The van der Waals surface area contributed by atoms with E-state index in [1.165, 1.54) is 9.95 Å². The van der Waals surface area contributed by atoms with Crippen molar-refractivity contribution in [3.8, 4) is 11.4 Å². The number of amides is 1. The van der Waals surface area contributed by atoms with Gasteiger partial charge in [-0.25, -0.2) is 9.78 Å². The average molecular weight is 433 g/mol. The van der Waals surface area contributed by atoms with E-state index in [1.54, 1.807) is 6.07 Å². The highest BCUT2D eigenvalue weighted by Crippen LogP contribution is 2.26. The molecule has 0 aliphatic heterocycles. The van der Waals surface area contributed by atoms with Crippen molar-refractivity contribution in [2.24, 2.45) is 0 Å². The van der Waals surface area contributed by atoms with E-state index in [0.717, 1.165) is 22.5 Å². The lowest BCUT2D eigenvalue weighted by Crippen LogP contribution is -2.30. The van der Waals surface area contributed by atoms with Crippen LogP contribution in [0.25, 0.3) is 21.6 Å². The molecular formula is C23H19N3O4S. The molecule has 2 aromatic heterocycles. The fourth-order valence-corrected chi connectivity index (χ4v) is 4.20. The van der Waals surface area contributed by atoms with Gasteiger partial charge < -0.3 is 10.4 Å². The molecule has 0 saturated carbocycles. The zero-order valence-electron chi connectivity index (χ0n) is 16.9. The van der Waals surface area contributed by atoms with Crippen molar-refractivity contribution >= 4 is 39.1 Å². The first-order chi connectivity index (χ1) is 14.8. The highest BCUT2D eigenvalue weighted by Gasteiger charge is 2.21. The molecule has 0 bridgehead atoms. The number of carbonyl (C=O) groups is 2. The van der Waals surface area contributed by atoms with Gasteiger partial charge in [-0.15, -0.1) is 11.3 Å².